The quantitative estimate of drug-likeness (QED) is 0.523. The predicted octanol–water partition coefficient (Wildman–Crippen LogP) is 6.19. The number of hydrogen-bond acceptors (Lipinski definition) is 3. The van der Waals surface area contributed by atoms with Crippen molar-refractivity contribution in [1.82, 2.24) is 0 Å². The number of amides is 1. The molecule has 174 valence electrons. The molecule has 1 amide bonds. The Kier molecular flexibility index (Phi) is 6.91. The highest BCUT2D eigenvalue weighted by Crippen LogP contribution is 2.52. The van der Waals surface area contributed by atoms with E-state index in [4.69, 9.17) is 0 Å². The van der Waals surface area contributed by atoms with Gasteiger partial charge in [-0.15, -0.1) is 11.8 Å². The van der Waals surface area contributed by atoms with Gasteiger partial charge in [-0.05, 0) is 30.9 Å². The molecule has 1 aliphatic carbocycles. The molecule has 31 heavy (non-hydrogen) atoms. The minimum Gasteiger partial charge on any atom is -0.369 e. The van der Waals surface area contributed by atoms with Crippen LogP contribution in [0.4, 0.5) is 32.0 Å². The molecule has 1 aliphatic heterocycles. The Morgan fingerprint density at radius 1 is 1.13 bits per heavy atom. The Morgan fingerprint density at radius 2 is 1.74 bits per heavy atom. The number of alkyl halides is 6. The highest BCUT2D eigenvalue weighted by atomic mass is 32.2. The lowest BCUT2D eigenvalue weighted by molar-refractivity contribution is -0.376. The number of halogens is 6. The molecular formula is C21H25F6NO2S. The highest BCUT2D eigenvalue weighted by molar-refractivity contribution is 8.00. The first kappa shape index (κ1) is 24.2. The summed E-state index contributed by atoms with van der Waals surface area (Å²) in [7, 11) is 0. The second-order valence-corrected chi connectivity index (χ2v) is 9.57. The third kappa shape index (κ3) is 4.69. The van der Waals surface area contributed by atoms with E-state index in [-0.39, 0.29) is 16.1 Å². The van der Waals surface area contributed by atoms with E-state index in [0.29, 0.717) is 37.1 Å². The van der Waals surface area contributed by atoms with Crippen LogP contribution in [0.1, 0.15) is 57.4 Å². The van der Waals surface area contributed by atoms with Crippen molar-refractivity contribution >= 4 is 23.4 Å². The maximum Gasteiger partial charge on any atom is 0.430 e. The molecule has 1 heterocycles. The van der Waals surface area contributed by atoms with Crippen molar-refractivity contribution in [2.24, 2.45) is 5.92 Å². The van der Waals surface area contributed by atoms with Crippen molar-refractivity contribution in [2.75, 3.05) is 11.4 Å². The molecule has 3 rings (SSSR count). The molecule has 3 nitrogen and oxygen atoms in total. The summed E-state index contributed by atoms with van der Waals surface area (Å²) in [6, 6.07) is 2.42. The van der Waals surface area contributed by atoms with Crippen LogP contribution in [0.25, 0.3) is 0 Å². The predicted molar refractivity (Wildman–Crippen MR) is 106 cm³/mol. The Labute approximate surface area is 181 Å². The monoisotopic (exact) mass is 469 g/mol. The number of thioether (sulfide) groups is 1. The van der Waals surface area contributed by atoms with Gasteiger partial charge in [-0.25, -0.2) is 0 Å². The number of aliphatic hydroxyl groups is 1. The fraction of sp³-hybridized carbons (Fsp3) is 0.667. The van der Waals surface area contributed by atoms with Gasteiger partial charge in [0, 0.05) is 28.7 Å². The summed E-state index contributed by atoms with van der Waals surface area (Å²) < 4.78 is 79.6. The lowest BCUT2D eigenvalue weighted by Crippen LogP contribution is -2.54. The molecule has 0 radical (unpaired) electrons. The Hall–Kier alpha value is -1.42. The van der Waals surface area contributed by atoms with Gasteiger partial charge in [-0.3, -0.25) is 4.79 Å². The van der Waals surface area contributed by atoms with E-state index in [2.05, 4.69) is 0 Å². The van der Waals surface area contributed by atoms with E-state index in [1.54, 1.807) is 0 Å². The van der Waals surface area contributed by atoms with Gasteiger partial charge in [0.05, 0.1) is 5.69 Å². The Balaban J connectivity index is 1.93. The number of nitrogens with zero attached hydrogens (tertiary/aromatic N) is 1. The number of carbonyl (C=O) groups excluding carboxylic acids is 1. The van der Waals surface area contributed by atoms with Crippen LogP contribution in [-0.2, 0) is 10.4 Å². The fourth-order valence-corrected chi connectivity index (χ4v) is 5.52. The van der Waals surface area contributed by atoms with Gasteiger partial charge in [-0.1, -0.05) is 38.7 Å². The van der Waals surface area contributed by atoms with Crippen molar-refractivity contribution in [3.8, 4) is 0 Å². The first-order valence-corrected chi connectivity index (χ1v) is 11.2. The molecule has 0 aromatic heterocycles. The summed E-state index contributed by atoms with van der Waals surface area (Å²) in [5.74, 6) is 0.307. The number of anilines is 1. The summed E-state index contributed by atoms with van der Waals surface area (Å²) in [6.45, 7) is 2.19. The molecule has 1 N–H and O–H groups in total. The number of carbonyl (C=O) groups is 1. The molecule has 0 unspecified atom stereocenters. The smallest absolute Gasteiger partial charge is 0.369 e. The zero-order valence-corrected chi connectivity index (χ0v) is 17.8. The molecule has 2 aliphatic rings. The second kappa shape index (κ2) is 8.84. The van der Waals surface area contributed by atoms with Gasteiger partial charge in [0.15, 0.2) is 0 Å². The van der Waals surface area contributed by atoms with E-state index >= 15 is 0 Å². The van der Waals surface area contributed by atoms with E-state index < -0.39 is 23.5 Å². The molecular weight excluding hydrogens is 444 g/mol. The van der Waals surface area contributed by atoms with Crippen molar-refractivity contribution < 1.29 is 36.2 Å². The van der Waals surface area contributed by atoms with E-state index in [0.717, 1.165) is 56.0 Å². The zero-order chi connectivity index (χ0) is 23.0. The van der Waals surface area contributed by atoms with Gasteiger partial charge < -0.3 is 10.0 Å². The second-order valence-electron chi connectivity index (χ2n) is 8.23. The number of hydrogen-bond donors (Lipinski definition) is 1. The Bertz CT molecular complexity index is 790. The average molecular weight is 469 g/mol. The van der Waals surface area contributed by atoms with Crippen LogP contribution in [0.2, 0.25) is 0 Å². The van der Waals surface area contributed by atoms with Gasteiger partial charge in [-0.2, -0.15) is 26.3 Å². The highest BCUT2D eigenvalue weighted by Gasteiger charge is 2.71. The third-order valence-electron chi connectivity index (χ3n) is 6.17. The molecule has 10 heteroatoms. The van der Waals surface area contributed by atoms with Crippen LogP contribution in [0.3, 0.4) is 0 Å². The minimum atomic E-state index is -5.94. The zero-order valence-electron chi connectivity index (χ0n) is 17.0. The standard InChI is InChI=1S/C21H25F6NO2S/c1-2-15-12-28(18(29)10-7-13-5-3-4-6-13)16-9-8-14(11-17(16)31-15)19(30,20(22,23)24)21(25,26)27/h8-9,11,13,15,30H,2-7,10,12H2,1H3/t15-/m0/s1. The maximum absolute atomic E-state index is 13.3. The van der Waals surface area contributed by atoms with Crippen LogP contribution in [0, 0.1) is 5.92 Å². The summed E-state index contributed by atoms with van der Waals surface area (Å²) in [6.07, 6.45) is -5.84. The summed E-state index contributed by atoms with van der Waals surface area (Å²) in [4.78, 5) is 14.5. The van der Waals surface area contributed by atoms with E-state index in [9.17, 15) is 36.2 Å². The van der Waals surface area contributed by atoms with Crippen molar-refractivity contribution in [3.63, 3.8) is 0 Å². The minimum absolute atomic E-state index is 0.136. The maximum atomic E-state index is 13.3. The lowest BCUT2D eigenvalue weighted by atomic mass is 9.92. The molecule has 0 saturated heterocycles. The molecule has 1 saturated carbocycles. The molecule has 0 spiro atoms. The van der Waals surface area contributed by atoms with Gasteiger partial charge in [0.1, 0.15) is 0 Å². The summed E-state index contributed by atoms with van der Waals surface area (Å²) in [5, 5.41) is 9.56. The fourth-order valence-electron chi connectivity index (χ4n) is 4.27. The van der Waals surface area contributed by atoms with Crippen molar-refractivity contribution in [1.29, 1.82) is 0 Å². The first-order valence-electron chi connectivity index (χ1n) is 10.4. The Morgan fingerprint density at radius 3 is 2.29 bits per heavy atom. The van der Waals surface area contributed by atoms with Crippen LogP contribution < -0.4 is 4.90 Å². The summed E-state index contributed by atoms with van der Waals surface area (Å²) in [5.41, 5.74) is -5.98. The molecule has 1 atom stereocenters. The normalized spacial score (nSPS) is 20.8. The van der Waals surface area contributed by atoms with Crippen molar-refractivity contribution in [2.45, 2.75) is 80.0 Å². The van der Waals surface area contributed by atoms with Crippen molar-refractivity contribution in [3.05, 3.63) is 23.8 Å². The van der Waals surface area contributed by atoms with Gasteiger partial charge >= 0.3 is 12.4 Å². The van der Waals surface area contributed by atoms with Crippen LogP contribution in [0.15, 0.2) is 23.1 Å². The van der Waals surface area contributed by atoms with Crippen LogP contribution >= 0.6 is 11.8 Å². The van der Waals surface area contributed by atoms with Gasteiger partial charge in [0.2, 0.25) is 5.91 Å². The van der Waals surface area contributed by atoms with Crippen LogP contribution in [-0.4, -0.2) is 35.2 Å². The van der Waals surface area contributed by atoms with E-state index in [1.165, 1.54) is 4.90 Å². The van der Waals surface area contributed by atoms with Crippen LogP contribution in [0.5, 0.6) is 0 Å². The number of fused-ring (bicyclic) bond motifs is 1. The average Bonchev–Trinajstić information content (AvgIpc) is 3.21. The third-order valence-corrected chi connectivity index (χ3v) is 7.56. The SMILES string of the molecule is CC[C@H]1CN(C(=O)CCC2CCCC2)c2ccc(C(O)(C(F)(F)F)C(F)(F)F)cc2S1. The first-order chi connectivity index (χ1) is 14.4. The topological polar surface area (TPSA) is 40.5 Å². The molecule has 1 aromatic rings. The largest absolute Gasteiger partial charge is 0.430 e. The lowest BCUT2D eigenvalue weighted by Gasteiger charge is -2.37. The number of benzene rings is 1. The van der Waals surface area contributed by atoms with Gasteiger partial charge in [0.25, 0.3) is 5.60 Å². The molecule has 1 aromatic carbocycles. The molecule has 1 fully saturated rings. The van der Waals surface area contributed by atoms with E-state index in [1.807, 2.05) is 6.92 Å². The summed E-state index contributed by atoms with van der Waals surface area (Å²) >= 11 is 1.13. The number of rotatable bonds is 5. The molecule has 0 bridgehead atoms.